The van der Waals surface area contributed by atoms with E-state index in [0.717, 1.165) is 60.9 Å². The van der Waals surface area contributed by atoms with Crippen molar-refractivity contribution in [3.05, 3.63) is 278 Å². The molecule has 90 heavy (non-hydrogen) atoms. The first-order chi connectivity index (χ1) is 43.8. The predicted molar refractivity (Wildman–Crippen MR) is 340 cm³/mol. The monoisotopic (exact) mass is 1180 g/mol. The molecule has 0 saturated heterocycles. The van der Waals surface area contributed by atoms with Gasteiger partial charge in [-0.15, -0.1) is 0 Å². The number of nitrogens with zero attached hydrogens (tertiary/aromatic N) is 9. The van der Waals surface area contributed by atoms with Gasteiger partial charge in [0.2, 0.25) is 0 Å². The SMILES string of the molecule is N#Cc1ccc(-c2ccc(-c3ccc(C(F)(F)F)cc3C(F)(F)F)cc2-n2c3ccccc3c3cc(-c4nc(-c5ccccc5)nc(-c5ccccc5)n4)ccc32)c(-n2c3ccccc3c3cc(-c4nc(-c5ccccc5)nc(-c5ccccc5)n4)ccc32)c1. The molecule has 0 spiro atoms. The minimum atomic E-state index is -5.18. The van der Waals surface area contributed by atoms with Crippen LogP contribution in [-0.4, -0.2) is 39.0 Å². The molecule has 0 aliphatic carbocycles. The van der Waals surface area contributed by atoms with Crippen molar-refractivity contribution >= 4 is 43.6 Å². The van der Waals surface area contributed by atoms with Crippen molar-refractivity contribution in [1.82, 2.24) is 39.0 Å². The molecular weight excluding hydrogens is 1140 g/mol. The van der Waals surface area contributed by atoms with Crippen LogP contribution in [0.5, 0.6) is 0 Å². The third-order valence-corrected chi connectivity index (χ3v) is 16.1. The van der Waals surface area contributed by atoms with E-state index in [2.05, 4.69) is 10.6 Å². The standard InChI is InChI=1S/C75H43F6N9/c76-74(77,78)53-33-36-54(61(43-53)75(79,80)81)50-30-35-58(67(42-50)90-63-28-16-14-26-56(63)60-41-52(32-38-65(60)90)73-87-70(48-21-9-3-10-22-48)84-71(88-73)49-23-11-4-12-24-49)57-34-29-45(44-82)39-66(57)89-62-27-15-13-25-55(62)59-40-51(31-37-64(59)89)72-85-68(46-17-5-1-6-18-46)83-69(86-72)47-19-7-2-8-20-47/h1-43H. The molecule has 0 saturated carbocycles. The van der Waals surface area contributed by atoms with E-state index in [1.807, 2.05) is 217 Å². The van der Waals surface area contributed by atoms with E-state index in [4.69, 9.17) is 29.9 Å². The fraction of sp³-hybridized carbons (Fsp3) is 0.0267. The second-order valence-electron chi connectivity index (χ2n) is 21.6. The molecule has 0 radical (unpaired) electrons. The van der Waals surface area contributed by atoms with Crippen LogP contribution in [0, 0.1) is 11.3 Å². The van der Waals surface area contributed by atoms with E-state index < -0.39 is 29.0 Å². The normalized spacial score (nSPS) is 11.9. The van der Waals surface area contributed by atoms with Gasteiger partial charge >= 0.3 is 12.4 Å². The Bertz CT molecular complexity index is 5230. The molecule has 0 aliphatic rings. The highest BCUT2D eigenvalue weighted by Gasteiger charge is 2.39. The van der Waals surface area contributed by atoms with E-state index in [1.54, 1.807) is 24.3 Å². The number of aromatic nitrogens is 8. The van der Waals surface area contributed by atoms with Crippen molar-refractivity contribution < 1.29 is 26.3 Å². The van der Waals surface area contributed by atoms with Gasteiger partial charge in [-0.2, -0.15) is 31.6 Å². The zero-order valence-electron chi connectivity index (χ0n) is 47.1. The average Bonchev–Trinajstić information content (AvgIpc) is 1.60. The molecule has 0 bridgehead atoms. The Labute approximate surface area is 509 Å². The number of para-hydroxylation sites is 2. The van der Waals surface area contributed by atoms with Gasteiger partial charge in [-0.1, -0.05) is 182 Å². The summed E-state index contributed by atoms with van der Waals surface area (Å²) in [5, 5.41) is 13.9. The predicted octanol–water partition coefficient (Wildman–Crippen LogP) is 19.5. The van der Waals surface area contributed by atoms with E-state index in [-0.39, 0.29) is 11.6 Å². The summed E-state index contributed by atoms with van der Waals surface area (Å²) < 4.78 is 92.6. The molecule has 0 fully saturated rings. The van der Waals surface area contributed by atoms with Gasteiger partial charge in [0.05, 0.1) is 56.2 Å². The van der Waals surface area contributed by atoms with Crippen LogP contribution in [0.15, 0.2) is 261 Å². The second-order valence-corrected chi connectivity index (χ2v) is 21.6. The molecule has 0 atom stereocenters. The van der Waals surface area contributed by atoms with Crippen molar-refractivity contribution in [1.29, 1.82) is 5.26 Å². The minimum absolute atomic E-state index is 0.00758. The minimum Gasteiger partial charge on any atom is -0.309 e. The summed E-state index contributed by atoms with van der Waals surface area (Å²) in [6, 6.07) is 80.0. The van der Waals surface area contributed by atoms with E-state index in [0.29, 0.717) is 91.2 Å². The molecule has 0 unspecified atom stereocenters. The second kappa shape index (κ2) is 21.8. The first-order valence-corrected chi connectivity index (χ1v) is 28.6. The molecule has 15 aromatic rings. The van der Waals surface area contributed by atoms with Gasteiger partial charge in [0.25, 0.3) is 0 Å². The number of alkyl halides is 6. The molecule has 430 valence electrons. The van der Waals surface area contributed by atoms with Gasteiger partial charge in [0.1, 0.15) is 0 Å². The van der Waals surface area contributed by atoms with Crippen LogP contribution in [0.4, 0.5) is 26.3 Å². The first kappa shape index (κ1) is 54.7. The van der Waals surface area contributed by atoms with E-state index in [9.17, 15) is 18.4 Å². The molecular formula is C75H43F6N9. The Morgan fingerprint density at radius 3 is 1.06 bits per heavy atom. The quantitative estimate of drug-likeness (QED) is 0.125. The van der Waals surface area contributed by atoms with Gasteiger partial charge in [0.15, 0.2) is 34.9 Å². The number of rotatable bonds is 10. The lowest BCUT2D eigenvalue weighted by Crippen LogP contribution is -2.12. The Morgan fingerprint density at radius 1 is 0.289 bits per heavy atom. The molecule has 9 nitrogen and oxygen atoms in total. The molecule has 4 heterocycles. The van der Waals surface area contributed by atoms with Crippen LogP contribution in [0.25, 0.3) is 146 Å². The highest BCUT2D eigenvalue weighted by molar-refractivity contribution is 6.13. The lowest BCUT2D eigenvalue weighted by Gasteiger charge is -2.21. The van der Waals surface area contributed by atoms with Crippen molar-refractivity contribution in [3.63, 3.8) is 0 Å². The Balaban J connectivity index is 0.964. The largest absolute Gasteiger partial charge is 0.417 e. The lowest BCUT2D eigenvalue weighted by molar-refractivity contribution is -0.142. The maximum absolute atomic E-state index is 15.3. The molecule has 0 amide bonds. The maximum Gasteiger partial charge on any atom is 0.417 e. The van der Waals surface area contributed by atoms with Gasteiger partial charge in [-0.05, 0) is 90.0 Å². The van der Waals surface area contributed by atoms with Gasteiger partial charge in [-0.3, -0.25) is 0 Å². The summed E-state index contributed by atoms with van der Waals surface area (Å²) in [5.41, 5.74) is 6.48. The summed E-state index contributed by atoms with van der Waals surface area (Å²) in [6.45, 7) is 0. The number of nitriles is 1. The number of benzene rings is 11. The van der Waals surface area contributed by atoms with Gasteiger partial charge in [-0.25, -0.2) is 29.9 Å². The van der Waals surface area contributed by atoms with Crippen LogP contribution >= 0.6 is 0 Å². The Kier molecular flexibility index (Phi) is 13.3. The molecule has 15 rings (SSSR count). The van der Waals surface area contributed by atoms with Crippen molar-refractivity contribution in [2.24, 2.45) is 0 Å². The van der Waals surface area contributed by atoms with Crippen LogP contribution < -0.4 is 0 Å². The van der Waals surface area contributed by atoms with E-state index >= 15 is 13.2 Å². The summed E-state index contributed by atoms with van der Waals surface area (Å²) in [7, 11) is 0. The number of hydrogen-bond donors (Lipinski definition) is 0. The van der Waals surface area contributed by atoms with Crippen LogP contribution in [-0.2, 0) is 12.4 Å². The summed E-state index contributed by atoms with van der Waals surface area (Å²) in [5.74, 6) is 2.76. The molecule has 4 aromatic heterocycles. The van der Waals surface area contributed by atoms with Crippen LogP contribution in [0.1, 0.15) is 16.7 Å². The summed E-state index contributed by atoms with van der Waals surface area (Å²) in [6.07, 6.45) is -10.2. The Hall–Kier alpha value is -11.9. The summed E-state index contributed by atoms with van der Waals surface area (Å²) in [4.78, 5) is 29.9. The maximum atomic E-state index is 15.3. The topological polar surface area (TPSA) is 111 Å². The van der Waals surface area contributed by atoms with Crippen molar-refractivity contribution in [2.75, 3.05) is 0 Å². The third-order valence-electron chi connectivity index (χ3n) is 16.1. The number of hydrogen-bond acceptors (Lipinski definition) is 7. The number of halogens is 6. The van der Waals surface area contributed by atoms with Crippen LogP contribution in [0.3, 0.4) is 0 Å². The smallest absolute Gasteiger partial charge is 0.309 e. The zero-order valence-corrected chi connectivity index (χ0v) is 47.1. The van der Waals surface area contributed by atoms with Gasteiger partial charge in [0, 0.05) is 66.1 Å². The number of fused-ring (bicyclic) bond motifs is 6. The molecule has 11 aromatic carbocycles. The van der Waals surface area contributed by atoms with Crippen molar-refractivity contribution in [2.45, 2.75) is 12.4 Å². The highest BCUT2D eigenvalue weighted by atomic mass is 19.4. The summed E-state index contributed by atoms with van der Waals surface area (Å²) >= 11 is 0. The lowest BCUT2D eigenvalue weighted by atomic mass is 9.92. The molecule has 0 aliphatic heterocycles. The van der Waals surface area contributed by atoms with Gasteiger partial charge < -0.3 is 9.13 Å². The average molecular weight is 1180 g/mol. The van der Waals surface area contributed by atoms with E-state index in [1.165, 1.54) is 6.07 Å². The molecule has 0 N–H and O–H groups in total. The van der Waals surface area contributed by atoms with Crippen molar-refractivity contribution in [3.8, 4) is 108 Å². The fourth-order valence-electron chi connectivity index (χ4n) is 12.0. The zero-order chi connectivity index (χ0) is 61.3. The Morgan fingerprint density at radius 2 is 0.644 bits per heavy atom. The fourth-order valence-corrected chi connectivity index (χ4v) is 12.0. The highest BCUT2D eigenvalue weighted by Crippen LogP contribution is 2.47. The van der Waals surface area contributed by atoms with Crippen LogP contribution in [0.2, 0.25) is 0 Å². The first-order valence-electron chi connectivity index (χ1n) is 28.6. The third kappa shape index (κ3) is 9.82. The molecule has 15 heteroatoms.